The van der Waals surface area contributed by atoms with Crippen LogP contribution in [0.1, 0.15) is 57.2 Å². The molecule has 2 aliphatic rings. The molecule has 3 nitrogen and oxygen atoms in total. The Bertz CT molecular complexity index is 428. The van der Waals surface area contributed by atoms with Crippen LogP contribution in [-0.2, 0) is 13.5 Å². The third kappa shape index (κ3) is 3.08. The van der Waals surface area contributed by atoms with Crippen molar-refractivity contribution in [3.05, 3.63) is 18.2 Å². The highest BCUT2D eigenvalue weighted by molar-refractivity contribution is 4.93. The lowest BCUT2D eigenvalue weighted by molar-refractivity contribution is 0.0310. The summed E-state index contributed by atoms with van der Waals surface area (Å²) in [6, 6.07) is 0. The summed E-state index contributed by atoms with van der Waals surface area (Å²) >= 11 is 0. The number of aliphatic hydroxyl groups excluding tert-OH is 1. The Labute approximate surface area is 122 Å². The molecule has 1 aromatic heterocycles. The molecule has 0 spiro atoms. The van der Waals surface area contributed by atoms with E-state index in [2.05, 4.69) is 9.55 Å². The number of aliphatic hydroxyl groups is 1. The van der Waals surface area contributed by atoms with Crippen LogP contribution >= 0.6 is 0 Å². The topological polar surface area (TPSA) is 38.0 Å². The molecular formula is C17H28N2O. The number of aromatic nitrogens is 2. The second kappa shape index (κ2) is 6.30. The van der Waals surface area contributed by atoms with Crippen LogP contribution in [0.3, 0.4) is 0 Å². The van der Waals surface area contributed by atoms with Crippen LogP contribution in [0.2, 0.25) is 0 Å². The van der Waals surface area contributed by atoms with Crippen LogP contribution < -0.4 is 0 Å². The monoisotopic (exact) mass is 276 g/mol. The Balaban J connectivity index is 1.50. The van der Waals surface area contributed by atoms with Gasteiger partial charge in [0.1, 0.15) is 5.82 Å². The molecule has 112 valence electrons. The maximum atomic E-state index is 10.5. The van der Waals surface area contributed by atoms with Gasteiger partial charge in [0.25, 0.3) is 0 Å². The van der Waals surface area contributed by atoms with Crippen LogP contribution in [0.5, 0.6) is 0 Å². The average Bonchev–Trinajstić information content (AvgIpc) is 2.89. The number of nitrogens with zero attached hydrogens (tertiary/aromatic N) is 2. The first-order valence-electron chi connectivity index (χ1n) is 8.38. The summed E-state index contributed by atoms with van der Waals surface area (Å²) < 4.78 is 2.06. The van der Waals surface area contributed by atoms with Gasteiger partial charge in [-0.05, 0) is 43.4 Å². The van der Waals surface area contributed by atoms with E-state index in [1.165, 1.54) is 44.9 Å². The van der Waals surface area contributed by atoms with E-state index in [9.17, 15) is 5.11 Å². The Morgan fingerprint density at radius 1 is 1.25 bits per heavy atom. The third-order valence-corrected chi connectivity index (χ3v) is 5.71. The molecule has 0 amide bonds. The number of hydrogen-bond donors (Lipinski definition) is 1. The minimum Gasteiger partial charge on any atom is -0.393 e. The second-order valence-corrected chi connectivity index (χ2v) is 6.94. The molecule has 2 aliphatic carbocycles. The van der Waals surface area contributed by atoms with Crippen LogP contribution in [-0.4, -0.2) is 20.8 Å². The predicted molar refractivity (Wildman–Crippen MR) is 80.3 cm³/mol. The van der Waals surface area contributed by atoms with Gasteiger partial charge in [-0.25, -0.2) is 4.98 Å². The molecule has 0 aliphatic heterocycles. The zero-order valence-corrected chi connectivity index (χ0v) is 12.7. The number of rotatable bonds is 4. The van der Waals surface area contributed by atoms with Gasteiger partial charge in [-0.3, -0.25) is 0 Å². The van der Waals surface area contributed by atoms with E-state index in [1.54, 1.807) is 0 Å². The summed E-state index contributed by atoms with van der Waals surface area (Å²) in [5.74, 6) is 3.51. The Morgan fingerprint density at radius 2 is 2.05 bits per heavy atom. The molecule has 4 atom stereocenters. The summed E-state index contributed by atoms with van der Waals surface area (Å²) in [5, 5.41) is 10.5. The van der Waals surface area contributed by atoms with Crippen LogP contribution in [0.25, 0.3) is 0 Å². The van der Waals surface area contributed by atoms with Crippen molar-refractivity contribution in [3.63, 3.8) is 0 Å². The molecule has 1 aromatic rings. The van der Waals surface area contributed by atoms with Gasteiger partial charge in [-0.1, -0.05) is 25.7 Å². The number of hydrogen-bond acceptors (Lipinski definition) is 2. The van der Waals surface area contributed by atoms with Gasteiger partial charge in [0, 0.05) is 25.9 Å². The quantitative estimate of drug-likeness (QED) is 0.916. The van der Waals surface area contributed by atoms with Gasteiger partial charge >= 0.3 is 0 Å². The number of aryl methyl sites for hydroxylation is 2. The molecule has 1 heterocycles. The molecule has 0 bridgehead atoms. The highest BCUT2D eigenvalue weighted by atomic mass is 16.3. The van der Waals surface area contributed by atoms with E-state index >= 15 is 0 Å². The Hall–Kier alpha value is -0.830. The van der Waals surface area contributed by atoms with Crippen LogP contribution in [0.15, 0.2) is 12.4 Å². The molecule has 3 heteroatoms. The molecule has 4 unspecified atom stereocenters. The molecule has 0 radical (unpaired) electrons. The first-order valence-corrected chi connectivity index (χ1v) is 8.38. The normalized spacial score (nSPS) is 31.8. The summed E-state index contributed by atoms with van der Waals surface area (Å²) in [4.78, 5) is 4.35. The van der Waals surface area contributed by atoms with E-state index in [1.807, 2.05) is 19.4 Å². The molecule has 0 saturated heterocycles. The van der Waals surface area contributed by atoms with Crippen molar-refractivity contribution in [2.24, 2.45) is 24.8 Å². The average molecular weight is 276 g/mol. The molecule has 2 fully saturated rings. The summed E-state index contributed by atoms with van der Waals surface area (Å²) in [7, 11) is 2.03. The van der Waals surface area contributed by atoms with E-state index in [0.717, 1.165) is 30.5 Å². The lowest BCUT2D eigenvalue weighted by Crippen LogP contribution is -2.33. The second-order valence-electron chi connectivity index (χ2n) is 6.94. The Morgan fingerprint density at radius 3 is 2.80 bits per heavy atom. The number of fused-ring (bicyclic) bond motifs is 1. The van der Waals surface area contributed by atoms with E-state index in [0.29, 0.717) is 5.92 Å². The number of imidazole rings is 1. The highest BCUT2D eigenvalue weighted by Gasteiger charge is 2.34. The minimum atomic E-state index is -0.130. The fourth-order valence-corrected chi connectivity index (χ4v) is 4.41. The smallest absolute Gasteiger partial charge is 0.108 e. The van der Waals surface area contributed by atoms with E-state index in [4.69, 9.17) is 0 Å². The zero-order chi connectivity index (χ0) is 13.9. The van der Waals surface area contributed by atoms with Gasteiger partial charge in [0.05, 0.1) is 6.10 Å². The van der Waals surface area contributed by atoms with Crippen LogP contribution in [0, 0.1) is 17.8 Å². The maximum Gasteiger partial charge on any atom is 0.108 e. The third-order valence-electron chi connectivity index (χ3n) is 5.71. The first-order chi connectivity index (χ1) is 9.74. The van der Waals surface area contributed by atoms with Gasteiger partial charge in [0.15, 0.2) is 0 Å². The van der Waals surface area contributed by atoms with Crippen LogP contribution in [0.4, 0.5) is 0 Å². The van der Waals surface area contributed by atoms with Gasteiger partial charge < -0.3 is 9.67 Å². The highest BCUT2D eigenvalue weighted by Crippen LogP contribution is 2.43. The van der Waals surface area contributed by atoms with Crippen molar-refractivity contribution in [1.82, 2.24) is 9.55 Å². The van der Waals surface area contributed by atoms with Gasteiger partial charge in [-0.2, -0.15) is 0 Å². The predicted octanol–water partition coefficient (Wildman–Crippen LogP) is 3.32. The van der Waals surface area contributed by atoms with Crippen molar-refractivity contribution < 1.29 is 5.11 Å². The molecular weight excluding hydrogens is 248 g/mol. The van der Waals surface area contributed by atoms with Crippen molar-refractivity contribution in [1.29, 1.82) is 0 Å². The standard InChI is InChI=1S/C17H28N2O/c1-19-11-10-18-17(19)9-8-16(20)15-7-6-13-4-2-3-5-14(13)12-15/h10-11,13-16,20H,2-9,12H2,1H3. The molecule has 1 N–H and O–H groups in total. The fraction of sp³-hybridized carbons (Fsp3) is 0.824. The Kier molecular flexibility index (Phi) is 4.45. The summed E-state index contributed by atoms with van der Waals surface area (Å²) in [5.41, 5.74) is 0. The zero-order valence-electron chi connectivity index (χ0n) is 12.7. The SMILES string of the molecule is Cn1ccnc1CCC(O)C1CCC2CCCCC2C1. The van der Waals surface area contributed by atoms with Gasteiger partial charge in [-0.15, -0.1) is 0 Å². The fourth-order valence-electron chi connectivity index (χ4n) is 4.41. The van der Waals surface area contributed by atoms with E-state index < -0.39 is 0 Å². The van der Waals surface area contributed by atoms with E-state index in [-0.39, 0.29) is 6.10 Å². The molecule has 20 heavy (non-hydrogen) atoms. The van der Waals surface area contributed by atoms with Crippen molar-refractivity contribution in [3.8, 4) is 0 Å². The lowest BCUT2D eigenvalue weighted by Gasteiger charge is -2.40. The minimum absolute atomic E-state index is 0.130. The summed E-state index contributed by atoms with van der Waals surface area (Å²) in [6.45, 7) is 0. The van der Waals surface area contributed by atoms with Crippen molar-refractivity contribution >= 4 is 0 Å². The van der Waals surface area contributed by atoms with Gasteiger partial charge in [0.2, 0.25) is 0 Å². The maximum absolute atomic E-state index is 10.5. The molecule has 0 aromatic carbocycles. The lowest BCUT2D eigenvalue weighted by atomic mass is 9.66. The molecule has 2 saturated carbocycles. The first kappa shape index (κ1) is 14.1. The summed E-state index contributed by atoms with van der Waals surface area (Å²) in [6.07, 6.45) is 15.0. The molecule has 3 rings (SSSR count). The van der Waals surface area contributed by atoms with Crippen molar-refractivity contribution in [2.75, 3.05) is 0 Å². The largest absolute Gasteiger partial charge is 0.393 e. The van der Waals surface area contributed by atoms with Crippen molar-refractivity contribution in [2.45, 2.75) is 63.9 Å².